The van der Waals surface area contributed by atoms with Crippen molar-refractivity contribution in [3.8, 4) is 11.5 Å². The normalized spacial score (nSPS) is 17.5. The second kappa shape index (κ2) is 6.46. The summed E-state index contributed by atoms with van der Waals surface area (Å²) >= 11 is 0. The van der Waals surface area contributed by atoms with Crippen molar-refractivity contribution in [2.24, 2.45) is 0 Å². The zero-order valence-corrected chi connectivity index (χ0v) is 12.4. The molecule has 116 valence electrons. The van der Waals surface area contributed by atoms with Crippen molar-refractivity contribution in [2.75, 3.05) is 26.8 Å². The minimum Gasteiger partial charge on any atom is -0.493 e. The van der Waals surface area contributed by atoms with Crippen LogP contribution in [0.1, 0.15) is 12.5 Å². The van der Waals surface area contributed by atoms with Gasteiger partial charge in [0.2, 0.25) is 0 Å². The Morgan fingerprint density at radius 3 is 2.91 bits per heavy atom. The van der Waals surface area contributed by atoms with Crippen molar-refractivity contribution in [3.05, 3.63) is 36.7 Å². The molecular weight excluding hydrogens is 284 g/mol. The molecule has 1 aliphatic heterocycles. The molecule has 1 atom stereocenters. The number of amides is 1. The lowest BCUT2D eigenvalue weighted by molar-refractivity contribution is -0.132. The van der Waals surface area contributed by atoms with E-state index in [-0.39, 0.29) is 18.6 Å². The second-order valence-corrected chi connectivity index (χ2v) is 5.10. The van der Waals surface area contributed by atoms with Crippen molar-refractivity contribution < 1.29 is 14.3 Å². The number of carbonyl (C=O) groups excluding carboxylic acids is 1. The minimum absolute atomic E-state index is 0.00442. The first kappa shape index (κ1) is 14.4. The molecule has 1 aliphatic rings. The minimum atomic E-state index is -0.0338. The summed E-state index contributed by atoms with van der Waals surface area (Å²) in [6.07, 6.45) is 4.35. The van der Waals surface area contributed by atoms with Gasteiger partial charge in [0.05, 0.1) is 19.3 Å². The van der Waals surface area contributed by atoms with Crippen LogP contribution in [0, 0.1) is 0 Å². The topological polar surface area (TPSA) is 69.5 Å². The molecule has 7 nitrogen and oxygen atoms in total. The molecule has 22 heavy (non-hydrogen) atoms. The molecule has 1 amide bonds. The van der Waals surface area contributed by atoms with Crippen molar-refractivity contribution in [1.82, 2.24) is 19.9 Å². The van der Waals surface area contributed by atoms with Gasteiger partial charge in [-0.3, -0.25) is 4.79 Å². The molecular formula is C15H18N4O3. The molecule has 7 heteroatoms. The Morgan fingerprint density at radius 2 is 2.18 bits per heavy atom. The van der Waals surface area contributed by atoms with Gasteiger partial charge in [0.1, 0.15) is 0 Å². The van der Waals surface area contributed by atoms with Gasteiger partial charge in [0.15, 0.2) is 18.1 Å². The lowest BCUT2D eigenvalue weighted by Crippen LogP contribution is -2.33. The quantitative estimate of drug-likeness (QED) is 0.828. The SMILES string of the molecule is COc1ccccc1OCC(=O)N1CCC(n2ccnn2)C1. The summed E-state index contributed by atoms with van der Waals surface area (Å²) in [7, 11) is 1.58. The van der Waals surface area contributed by atoms with E-state index in [0.717, 1.165) is 6.42 Å². The van der Waals surface area contributed by atoms with Gasteiger partial charge in [0, 0.05) is 19.3 Å². The Balaban J connectivity index is 1.55. The largest absolute Gasteiger partial charge is 0.493 e. The van der Waals surface area contributed by atoms with Crippen LogP contribution in [-0.4, -0.2) is 52.6 Å². The van der Waals surface area contributed by atoms with Gasteiger partial charge in [-0.1, -0.05) is 17.3 Å². The van der Waals surface area contributed by atoms with Crippen molar-refractivity contribution in [3.63, 3.8) is 0 Å². The Morgan fingerprint density at radius 1 is 1.36 bits per heavy atom. The fourth-order valence-corrected chi connectivity index (χ4v) is 2.57. The van der Waals surface area contributed by atoms with Crippen molar-refractivity contribution in [1.29, 1.82) is 0 Å². The van der Waals surface area contributed by atoms with Gasteiger partial charge in [-0.25, -0.2) is 4.68 Å². The molecule has 1 fully saturated rings. The van der Waals surface area contributed by atoms with Crippen LogP contribution < -0.4 is 9.47 Å². The van der Waals surface area contributed by atoms with Gasteiger partial charge < -0.3 is 14.4 Å². The third kappa shape index (κ3) is 3.03. The molecule has 1 saturated heterocycles. The van der Waals surface area contributed by atoms with Crippen LogP contribution in [0.4, 0.5) is 0 Å². The fraction of sp³-hybridized carbons (Fsp3) is 0.400. The number of hydrogen-bond acceptors (Lipinski definition) is 5. The fourth-order valence-electron chi connectivity index (χ4n) is 2.57. The zero-order chi connectivity index (χ0) is 15.4. The summed E-state index contributed by atoms with van der Waals surface area (Å²) in [6.45, 7) is 1.35. The first-order valence-corrected chi connectivity index (χ1v) is 7.17. The number of likely N-dealkylation sites (tertiary alicyclic amines) is 1. The predicted octanol–water partition coefficient (Wildman–Crippen LogP) is 1.14. The van der Waals surface area contributed by atoms with Crippen LogP contribution in [0.5, 0.6) is 11.5 Å². The van der Waals surface area contributed by atoms with Crippen LogP contribution in [0.25, 0.3) is 0 Å². The molecule has 0 radical (unpaired) electrons. The molecule has 0 N–H and O–H groups in total. The number of para-hydroxylation sites is 2. The summed E-state index contributed by atoms with van der Waals surface area (Å²) in [5, 5.41) is 7.79. The number of benzene rings is 1. The molecule has 2 aromatic rings. The van der Waals surface area contributed by atoms with E-state index >= 15 is 0 Å². The van der Waals surface area contributed by atoms with Gasteiger partial charge in [-0.15, -0.1) is 5.10 Å². The van der Waals surface area contributed by atoms with Crippen molar-refractivity contribution >= 4 is 5.91 Å². The van der Waals surface area contributed by atoms with Crippen LogP contribution in [0.15, 0.2) is 36.7 Å². The Labute approximate surface area is 128 Å². The highest BCUT2D eigenvalue weighted by atomic mass is 16.5. The average Bonchev–Trinajstić information content (AvgIpc) is 3.23. The smallest absolute Gasteiger partial charge is 0.260 e. The molecule has 3 rings (SSSR count). The van der Waals surface area contributed by atoms with Crippen LogP contribution in [0.2, 0.25) is 0 Å². The lowest BCUT2D eigenvalue weighted by atomic mass is 10.3. The third-order valence-corrected chi connectivity index (χ3v) is 3.75. The van der Waals surface area contributed by atoms with Gasteiger partial charge in [-0.2, -0.15) is 0 Å². The number of nitrogens with zero attached hydrogens (tertiary/aromatic N) is 4. The van der Waals surface area contributed by atoms with E-state index in [2.05, 4.69) is 10.3 Å². The van der Waals surface area contributed by atoms with E-state index < -0.39 is 0 Å². The third-order valence-electron chi connectivity index (χ3n) is 3.75. The lowest BCUT2D eigenvalue weighted by Gasteiger charge is -2.17. The van der Waals surface area contributed by atoms with Gasteiger partial charge >= 0.3 is 0 Å². The number of methoxy groups -OCH3 is 1. The predicted molar refractivity (Wildman–Crippen MR) is 78.7 cm³/mol. The molecule has 1 aromatic carbocycles. The standard InChI is InChI=1S/C15H18N4O3/c1-21-13-4-2-3-5-14(13)22-11-15(20)18-8-6-12(10-18)19-9-7-16-17-19/h2-5,7,9,12H,6,8,10-11H2,1H3. The molecule has 0 saturated carbocycles. The van der Waals surface area contributed by atoms with E-state index in [1.54, 1.807) is 35.0 Å². The van der Waals surface area contributed by atoms with E-state index in [0.29, 0.717) is 24.6 Å². The van der Waals surface area contributed by atoms with Crippen LogP contribution in [0.3, 0.4) is 0 Å². The molecule has 0 spiro atoms. The van der Waals surface area contributed by atoms with Gasteiger partial charge in [0.25, 0.3) is 5.91 Å². The molecule has 0 bridgehead atoms. The first-order valence-electron chi connectivity index (χ1n) is 7.17. The highest BCUT2D eigenvalue weighted by Gasteiger charge is 2.28. The van der Waals surface area contributed by atoms with E-state index in [9.17, 15) is 4.79 Å². The maximum Gasteiger partial charge on any atom is 0.260 e. The Bertz CT molecular complexity index is 629. The van der Waals surface area contributed by atoms with Crippen LogP contribution in [-0.2, 0) is 4.79 Å². The summed E-state index contributed by atoms with van der Waals surface area (Å²) in [4.78, 5) is 14.0. The molecule has 0 aliphatic carbocycles. The highest BCUT2D eigenvalue weighted by Crippen LogP contribution is 2.26. The maximum absolute atomic E-state index is 12.2. The molecule has 1 unspecified atom stereocenters. The number of hydrogen-bond donors (Lipinski definition) is 0. The summed E-state index contributed by atoms with van der Waals surface area (Å²) < 4.78 is 12.6. The van der Waals surface area contributed by atoms with Gasteiger partial charge in [-0.05, 0) is 18.6 Å². The first-order chi connectivity index (χ1) is 10.8. The average molecular weight is 302 g/mol. The van der Waals surface area contributed by atoms with Crippen molar-refractivity contribution in [2.45, 2.75) is 12.5 Å². The maximum atomic E-state index is 12.2. The second-order valence-electron chi connectivity index (χ2n) is 5.10. The zero-order valence-electron chi connectivity index (χ0n) is 12.4. The van der Waals surface area contributed by atoms with E-state index in [1.165, 1.54) is 0 Å². The summed E-state index contributed by atoms with van der Waals surface area (Å²) in [5.74, 6) is 1.16. The Hall–Kier alpha value is -2.57. The summed E-state index contributed by atoms with van der Waals surface area (Å²) in [6, 6.07) is 7.48. The highest BCUT2D eigenvalue weighted by molar-refractivity contribution is 5.78. The van der Waals surface area contributed by atoms with E-state index in [1.807, 2.05) is 18.3 Å². The molecule has 2 heterocycles. The molecule has 1 aromatic heterocycles. The van der Waals surface area contributed by atoms with E-state index in [4.69, 9.17) is 9.47 Å². The Kier molecular flexibility index (Phi) is 4.22. The monoisotopic (exact) mass is 302 g/mol. The number of carbonyl (C=O) groups is 1. The summed E-state index contributed by atoms with van der Waals surface area (Å²) in [5.41, 5.74) is 0. The number of rotatable bonds is 5. The van der Waals surface area contributed by atoms with Crippen LogP contribution >= 0.6 is 0 Å². The number of aromatic nitrogens is 3. The number of ether oxygens (including phenoxy) is 2.